The van der Waals surface area contributed by atoms with E-state index in [0.29, 0.717) is 11.4 Å². The van der Waals surface area contributed by atoms with Crippen LogP contribution in [0.4, 0.5) is 5.69 Å². The van der Waals surface area contributed by atoms with E-state index in [9.17, 15) is 13.2 Å². The Hall–Kier alpha value is -3.11. The van der Waals surface area contributed by atoms with E-state index < -0.39 is 15.6 Å². The zero-order valence-corrected chi connectivity index (χ0v) is 17.7. The lowest BCUT2D eigenvalue weighted by Gasteiger charge is -2.07. The number of para-hydroxylation sites is 1. The lowest BCUT2D eigenvalue weighted by atomic mass is 10.3. The minimum atomic E-state index is -4.10. The van der Waals surface area contributed by atoms with Gasteiger partial charge in [0, 0.05) is 13.1 Å². The summed E-state index contributed by atoms with van der Waals surface area (Å²) in [4.78, 5) is 13.9. The summed E-state index contributed by atoms with van der Waals surface area (Å²) >= 11 is 0. The molecule has 2 N–H and O–H groups in total. The van der Waals surface area contributed by atoms with Gasteiger partial charge in [0.1, 0.15) is 11.4 Å². The van der Waals surface area contributed by atoms with Crippen molar-refractivity contribution < 1.29 is 17.8 Å². The quantitative estimate of drug-likeness (QED) is 0.613. The van der Waals surface area contributed by atoms with Crippen LogP contribution >= 0.6 is 0 Å². The lowest BCUT2D eigenvalue weighted by Crippen LogP contribution is -3.00. The van der Waals surface area contributed by atoms with Gasteiger partial charge >= 0.3 is 0 Å². The molecule has 0 amide bonds. The molecule has 154 valence electrons. The van der Waals surface area contributed by atoms with Gasteiger partial charge in [0.05, 0.1) is 31.7 Å². The molecule has 0 fully saturated rings. The number of nitrogens with zero attached hydrogens (tertiary/aromatic N) is 3. The Kier molecular flexibility index (Phi) is 5.49. The third-order valence-corrected chi connectivity index (χ3v) is 5.97. The van der Waals surface area contributed by atoms with Crippen LogP contribution in [0, 0.1) is 13.8 Å². The average Bonchev–Trinajstić information content (AvgIpc) is 3.14. The van der Waals surface area contributed by atoms with Crippen LogP contribution in [-0.4, -0.2) is 37.0 Å². The van der Waals surface area contributed by atoms with Crippen LogP contribution in [0.1, 0.15) is 17.1 Å². The zero-order chi connectivity index (χ0) is 21.3. The van der Waals surface area contributed by atoms with Gasteiger partial charge in [-0.15, -0.1) is 0 Å². The maximum Gasteiger partial charge on any atom is 0.296 e. The molecule has 2 aromatic heterocycles. The van der Waals surface area contributed by atoms with Crippen molar-refractivity contribution in [2.45, 2.75) is 18.7 Å². The molecule has 0 aliphatic heterocycles. The molecule has 0 unspecified atom stereocenters. The number of benzene rings is 1. The fourth-order valence-corrected chi connectivity index (χ4v) is 4.33. The first-order valence-corrected chi connectivity index (χ1v) is 10.4. The molecular formula is C19H24N5O4S+. The fraction of sp³-hybridized carbons (Fsp3) is 0.263. The van der Waals surface area contributed by atoms with E-state index in [4.69, 9.17) is 4.52 Å². The maximum atomic E-state index is 13.1. The molecule has 3 rings (SSSR count). The molecule has 0 bridgehead atoms. The number of aryl methyl sites for hydroxylation is 1. The van der Waals surface area contributed by atoms with Crippen LogP contribution in [0.5, 0.6) is 0 Å². The highest BCUT2D eigenvalue weighted by Crippen LogP contribution is 2.24. The molecule has 0 aliphatic carbocycles. The molecule has 0 aliphatic rings. The number of rotatable bonds is 6. The predicted octanol–water partition coefficient (Wildman–Crippen LogP) is 0.697. The number of sulfonamides is 1. The van der Waals surface area contributed by atoms with Crippen molar-refractivity contribution in [2.24, 2.45) is 7.05 Å². The predicted molar refractivity (Wildman–Crippen MR) is 110 cm³/mol. The standard InChI is InChI=1S/C19H23N5O4S/c1-13-18(16(28-20-13)11-12-22(3)4)29(26,27)21-17-14(2)23(5)24(19(17)25)15-9-7-6-8-10-15/h6-12,21H,1-5H3/p+1. The van der Waals surface area contributed by atoms with E-state index in [1.165, 1.54) is 11.6 Å². The summed E-state index contributed by atoms with van der Waals surface area (Å²) in [6.07, 6.45) is 3.28. The van der Waals surface area contributed by atoms with Crippen LogP contribution in [-0.2, 0) is 17.1 Å². The molecule has 9 nitrogen and oxygen atoms in total. The average molecular weight is 418 g/mol. The third kappa shape index (κ3) is 3.89. The highest BCUT2D eigenvalue weighted by Gasteiger charge is 2.29. The first-order chi connectivity index (χ1) is 13.6. The SMILES string of the molecule is Cc1noc(C=C[NH+](C)C)c1S(=O)(=O)Nc1c(C)n(C)n(-c2ccccc2)c1=O. The minimum absolute atomic E-state index is 0.0230. The van der Waals surface area contributed by atoms with Crippen molar-refractivity contribution in [3.63, 3.8) is 0 Å². The van der Waals surface area contributed by atoms with E-state index in [0.717, 1.165) is 4.90 Å². The van der Waals surface area contributed by atoms with Gasteiger partial charge in [-0.3, -0.25) is 14.2 Å². The second-order valence-corrected chi connectivity index (χ2v) is 8.53. The van der Waals surface area contributed by atoms with Crippen molar-refractivity contribution in [3.8, 4) is 5.69 Å². The van der Waals surface area contributed by atoms with Gasteiger partial charge in [0.25, 0.3) is 15.6 Å². The molecule has 0 radical (unpaired) electrons. The van der Waals surface area contributed by atoms with Gasteiger partial charge in [0.2, 0.25) is 0 Å². The maximum absolute atomic E-state index is 13.1. The number of hydrogen-bond donors (Lipinski definition) is 2. The molecule has 0 saturated heterocycles. The Labute approximate surface area is 168 Å². The van der Waals surface area contributed by atoms with Crippen LogP contribution in [0.25, 0.3) is 11.8 Å². The van der Waals surface area contributed by atoms with Crippen molar-refractivity contribution in [2.75, 3.05) is 18.8 Å². The van der Waals surface area contributed by atoms with E-state index in [1.807, 2.05) is 20.2 Å². The smallest absolute Gasteiger partial charge is 0.296 e. The summed E-state index contributed by atoms with van der Waals surface area (Å²) in [6.45, 7) is 3.22. The molecular weight excluding hydrogens is 394 g/mol. The topological polar surface area (TPSA) is 104 Å². The lowest BCUT2D eigenvalue weighted by molar-refractivity contribution is -0.800. The van der Waals surface area contributed by atoms with Gasteiger partial charge in [-0.05, 0) is 26.0 Å². The molecule has 1 aromatic carbocycles. The van der Waals surface area contributed by atoms with E-state index >= 15 is 0 Å². The Morgan fingerprint density at radius 2 is 1.83 bits per heavy atom. The second-order valence-electron chi connectivity index (χ2n) is 6.91. The highest BCUT2D eigenvalue weighted by molar-refractivity contribution is 7.92. The van der Waals surface area contributed by atoms with E-state index in [-0.39, 0.29) is 22.0 Å². The second kappa shape index (κ2) is 7.72. The van der Waals surface area contributed by atoms with Gasteiger partial charge in [0.15, 0.2) is 10.7 Å². The summed E-state index contributed by atoms with van der Waals surface area (Å²) in [7, 11) is 1.35. The molecule has 2 heterocycles. The van der Waals surface area contributed by atoms with Crippen LogP contribution in [0.3, 0.4) is 0 Å². The molecule has 29 heavy (non-hydrogen) atoms. The number of anilines is 1. The van der Waals surface area contributed by atoms with Gasteiger partial charge in [-0.1, -0.05) is 23.4 Å². The van der Waals surface area contributed by atoms with Crippen molar-refractivity contribution in [3.05, 3.63) is 64.0 Å². The summed E-state index contributed by atoms with van der Waals surface area (Å²) in [5, 5.41) is 3.77. The highest BCUT2D eigenvalue weighted by atomic mass is 32.2. The first kappa shape index (κ1) is 20.6. The number of aromatic nitrogens is 3. The largest absolute Gasteiger partial charge is 0.355 e. The first-order valence-electron chi connectivity index (χ1n) is 8.95. The molecule has 3 aromatic rings. The van der Waals surface area contributed by atoms with E-state index in [1.54, 1.807) is 55.2 Å². The third-order valence-electron chi connectivity index (χ3n) is 4.46. The van der Waals surface area contributed by atoms with Crippen LogP contribution in [0.2, 0.25) is 0 Å². The number of nitrogens with one attached hydrogen (secondary N) is 2. The molecule has 0 atom stereocenters. The molecule has 0 spiro atoms. The summed E-state index contributed by atoms with van der Waals surface area (Å²) < 4.78 is 36.8. The van der Waals surface area contributed by atoms with Crippen molar-refractivity contribution in [1.29, 1.82) is 0 Å². The summed E-state index contributed by atoms with van der Waals surface area (Å²) in [5.74, 6) is 0.105. The number of quaternary nitrogens is 1. The van der Waals surface area contributed by atoms with Crippen LogP contribution < -0.4 is 15.2 Å². The van der Waals surface area contributed by atoms with Gasteiger partial charge in [-0.2, -0.15) is 0 Å². The Bertz CT molecular complexity index is 1220. The zero-order valence-electron chi connectivity index (χ0n) is 16.9. The number of hydrogen-bond acceptors (Lipinski definition) is 5. The monoisotopic (exact) mass is 418 g/mol. The summed E-state index contributed by atoms with van der Waals surface area (Å²) in [6, 6.07) is 9.00. The summed E-state index contributed by atoms with van der Waals surface area (Å²) in [5.41, 5.74) is 0.829. The normalized spacial score (nSPS) is 12.2. The van der Waals surface area contributed by atoms with Crippen molar-refractivity contribution in [1.82, 2.24) is 14.5 Å². The van der Waals surface area contributed by atoms with Gasteiger partial charge < -0.3 is 9.42 Å². The van der Waals surface area contributed by atoms with Crippen molar-refractivity contribution >= 4 is 21.8 Å². The Balaban J connectivity index is 2.08. The van der Waals surface area contributed by atoms with Crippen LogP contribution in [0.15, 0.2) is 50.7 Å². The molecule has 0 saturated carbocycles. The Morgan fingerprint density at radius 1 is 1.17 bits per heavy atom. The van der Waals surface area contributed by atoms with Gasteiger partial charge in [-0.25, -0.2) is 13.1 Å². The minimum Gasteiger partial charge on any atom is -0.355 e. The molecule has 10 heteroatoms. The fourth-order valence-electron chi connectivity index (χ4n) is 2.93. The Morgan fingerprint density at radius 3 is 2.45 bits per heavy atom. The van der Waals surface area contributed by atoms with E-state index in [2.05, 4.69) is 9.88 Å².